The van der Waals surface area contributed by atoms with Crippen LogP contribution in [0.5, 0.6) is 0 Å². The third kappa shape index (κ3) is 3.16. The lowest BCUT2D eigenvalue weighted by molar-refractivity contribution is 0.183. The minimum atomic E-state index is 0.530. The van der Waals surface area contributed by atoms with Crippen LogP contribution in [-0.4, -0.2) is 6.04 Å². The maximum Gasteiger partial charge on any atom is 0.0440 e. The van der Waals surface area contributed by atoms with Gasteiger partial charge in [0.15, 0.2) is 0 Å². The van der Waals surface area contributed by atoms with Gasteiger partial charge in [-0.15, -0.1) is 11.3 Å². The Hall–Kier alpha value is -0.340. The molecule has 4 unspecified atom stereocenters. The van der Waals surface area contributed by atoms with Gasteiger partial charge >= 0.3 is 0 Å². The van der Waals surface area contributed by atoms with E-state index in [9.17, 15) is 0 Å². The molecule has 4 atom stereocenters. The van der Waals surface area contributed by atoms with Gasteiger partial charge in [-0.3, -0.25) is 0 Å². The fourth-order valence-electron chi connectivity index (χ4n) is 3.12. The first kappa shape index (κ1) is 14.1. The summed E-state index contributed by atoms with van der Waals surface area (Å²) in [5, 5.41) is 6.14. The second kappa shape index (κ2) is 6.21. The number of hydrogen-bond donors (Lipinski definition) is 1. The van der Waals surface area contributed by atoms with Crippen LogP contribution < -0.4 is 5.32 Å². The van der Waals surface area contributed by atoms with Gasteiger partial charge in [0.25, 0.3) is 0 Å². The summed E-state index contributed by atoms with van der Waals surface area (Å²) in [6.07, 6.45) is 4.14. The molecule has 1 nitrogen and oxygen atoms in total. The van der Waals surface area contributed by atoms with Crippen LogP contribution in [0.25, 0.3) is 0 Å². The van der Waals surface area contributed by atoms with Crippen molar-refractivity contribution in [3.63, 3.8) is 0 Å². The molecule has 1 heterocycles. The summed E-state index contributed by atoms with van der Waals surface area (Å²) in [6, 6.07) is 5.68. The van der Waals surface area contributed by atoms with Gasteiger partial charge in [0.2, 0.25) is 0 Å². The van der Waals surface area contributed by atoms with E-state index in [0.29, 0.717) is 18.0 Å². The van der Waals surface area contributed by atoms with Crippen molar-refractivity contribution in [3.8, 4) is 0 Å². The van der Waals surface area contributed by atoms with E-state index in [2.05, 4.69) is 50.5 Å². The van der Waals surface area contributed by atoms with Crippen molar-refractivity contribution in [2.45, 2.75) is 59.0 Å². The molecule has 1 saturated carbocycles. The molecule has 1 fully saturated rings. The van der Waals surface area contributed by atoms with Gasteiger partial charge in [-0.05, 0) is 35.6 Å². The standard InChI is InChI=1S/C16H27NS/c1-11(2)16(15-9-6-10-18-15)17-14-8-5-7-12(3)13(14)4/h6,9-14,16-17H,5,7-8H2,1-4H3. The zero-order chi connectivity index (χ0) is 13.1. The van der Waals surface area contributed by atoms with Gasteiger partial charge in [0, 0.05) is 17.0 Å². The smallest absolute Gasteiger partial charge is 0.0440 e. The molecule has 2 heteroatoms. The van der Waals surface area contributed by atoms with Gasteiger partial charge in [-0.2, -0.15) is 0 Å². The summed E-state index contributed by atoms with van der Waals surface area (Å²) in [4.78, 5) is 1.50. The Morgan fingerprint density at radius 3 is 2.67 bits per heavy atom. The molecule has 18 heavy (non-hydrogen) atoms. The molecule has 1 aliphatic rings. The molecule has 0 bridgehead atoms. The first-order valence-corrected chi connectivity index (χ1v) is 8.27. The average Bonchev–Trinajstić information content (AvgIpc) is 2.84. The molecule has 1 N–H and O–H groups in total. The lowest BCUT2D eigenvalue weighted by Gasteiger charge is -2.38. The summed E-state index contributed by atoms with van der Waals surface area (Å²) in [5.74, 6) is 2.33. The van der Waals surface area contributed by atoms with Crippen molar-refractivity contribution in [2.75, 3.05) is 0 Å². The van der Waals surface area contributed by atoms with Gasteiger partial charge < -0.3 is 5.32 Å². The highest BCUT2D eigenvalue weighted by molar-refractivity contribution is 7.10. The summed E-state index contributed by atoms with van der Waals surface area (Å²) >= 11 is 1.89. The second-order valence-electron chi connectivity index (χ2n) is 6.28. The number of rotatable bonds is 4. The fourth-order valence-corrected chi connectivity index (χ4v) is 4.08. The van der Waals surface area contributed by atoms with Crippen molar-refractivity contribution in [3.05, 3.63) is 22.4 Å². The molecular weight excluding hydrogens is 238 g/mol. The summed E-state index contributed by atoms with van der Waals surface area (Å²) in [5.41, 5.74) is 0. The van der Waals surface area contributed by atoms with Crippen LogP contribution in [0, 0.1) is 17.8 Å². The molecule has 0 aromatic carbocycles. The molecule has 2 rings (SSSR count). The summed E-state index contributed by atoms with van der Waals surface area (Å²) in [6.45, 7) is 9.49. The van der Waals surface area contributed by atoms with Gasteiger partial charge in [0.05, 0.1) is 0 Å². The van der Waals surface area contributed by atoms with E-state index in [-0.39, 0.29) is 0 Å². The zero-order valence-corrected chi connectivity index (χ0v) is 13.0. The van der Waals surface area contributed by atoms with E-state index < -0.39 is 0 Å². The molecule has 0 saturated heterocycles. The third-order valence-corrected chi connectivity index (χ3v) is 5.57. The fraction of sp³-hybridized carbons (Fsp3) is 0.750. The molecular formula is C16H27NS. The molecule has 0 radical (unpaired) electrons. The Labute approximate surface area is 116 Å². The monoisotopic (exact) mass is 265 g/mol. The van der Waals surface area contributed by atoms with Crippen molar-refractivity contribution in [2.24, 2.45) is 17.8 Å². The normalized spacial score (nSPS) is 30.6. The molecule has 1 aromatic heterocycles. The largest absolute Gasteiger partial charge is 0.306 e. The predicted molar refractivity (Wildman–Crippen MR) is 81.0 cm³/mol. The molecule has 0 aliphatic heterocycles. The quantitative estimate of drug-likeness (QED) is 0.820. The molecule has 102 valence electrons. The Morgan fingerprint density at radius 2 is 2.06 bits per heavy atom. The van der Waals surface area contributed by atoms with Crippen LogP contribution >= 0.6 is 11.3 Å². The van der Waals surface area contributed by atoms with E-state index >= 15 is 0 Å². The minimum Gasteiger partial charge on any atom is -0.306 e. The van der Waals surface area contributed by atoms with Gasteiger partial charge in [0.1, 0.15) is 0 Å². The number of nitrogens with one attached hydrogen (secondary N) is 1. The Balaban J connectivity index is 2.05. The van der Waals surface area contributed by atoms with Crippen LogP contribution in [0.1, 0.15) is 57.9 Å². The van der Waals surface area contributed by atoms with Crippen molar-refractivity contribution < 1.29 is 0 Å². The maximum atomic E-state index is 3.95. The summed E-state index contributed by atoms with van der Waals surface area (Å²) < 4.78 is 0. The minimum absolute atomic E-state index is 0.530. The van der Waals surface area contributed by atoms with E-state index in [4.69, 9.17) is 0 Å². The van der Waals surface area contributed by atoms with Gasteiger partial charge in [-0.1, -0.05) is 46.6 Å². The van der Waals surface area contributed by atoms with Crippen LogP contribution in [0.2, 0.25) is 0 Å². The van der Waals surface area contributed by atoms with Crippen LogP contribution in [0.4, 0.5) is 0 Å². The van der Waals surface area contributed by atoms with E-state index in [1.54, 1.807) is 0 Å². The average molecular weight is 265 g/mol. The highest BCUT2D eigenvalue weighted by Crippen LogP contribution is 2.33. The van der Waals surface area contributed by atoms with Gasteiger partial charge in [-0.25, -0.2) is 0 Å². The SMILES string of the molecule is CC(C)C(NC1CCCC(C)C1C)c1cccs1. The Kier molecular flexibility index (Phi) is 4.85. The zero-order valence-electron chi connectivity index (χ0n) is 12.1. The van der Waals surface area contributed by atoms with Crippen molar-refractivity contribution in [1.29, 1.82) is 0 Å². The topological polar surface area (TPSA) is 12.0 Å². The van der Waals surface area contributed by atoms with Crippen molar-refractivity contribution >= 4 is 11.3 Å². The third-order valence-electron chi connectivity index (χ3n) is 4.62. The lowest BCUT2D eigenvalue weighted by Crippen LogP contribution is -2.43. The summed E-state index contributed by atoms with van der Waals surface area (Å²) in [7, 11) is 0. The second-order valence-corrected chi connectivity index (χ2v) is 7.26. The van der Waals surface area contributed by atoms with Crippen molar-refractivity contribution in [1.82, 2.24) is 5.32 Å². The van der Waals surface area contributed by atoms with E-state index in [1.165, 1.54) is 24.1 Å². The molecule has 1 aliphatic carbocycles. The number of hydrogen-bond acceptors (Lipinski definition) is 2. The van der Waals surface area contributed by atoms with E-state index in [0.717, 1.165) is 11.8 Å². The highest BCUT2D eigenvalue weighted by Gasteiger charge is 2.30. The van der Waals surface area contributed by atoms with Crippen LogP contribution in [0.15, 0.2) is 17.5 Å². The highest BCUT2D eigenvalue weighted by atomic mass is 32.1. The maximum absolute atomic E-state index is 3.95. The lowest BCUT2D eigenvalue weighted by atomic mass is 9.77. The molecule has 0 amide bonds. The molecule has 1 aromatic rings. The Bertz CT molecular complexity index is 344. The first-order chi connectivity index (χ1) is 8.59. The predicted octanol–water partition coefficient (Wildman–Crippen LogP) is 4.86. The molecule has 0 spiro atoms. The Morgan fingerprint density at radius 1 is 1.28 bits per heavy atom. The van der Waals surface area contributed by atoms with E-state index in [1.807, 2.05) is 11.3 Å². The van der Waals surface area contributed by atoms with Crippen LogP contribution in [0.3, 0.4) is 0 Å². The first-order valence-electron chi connectivity index (χ1n) is 7.39. The number of thiophene rings is 1. The van der Waals surface area contributed by atoms with Crippen LogP contribution in [-0.2, 0) is 0 Å².